The van der Waals surface area contributed by atoms with Crippen LogP contribution in [0.5, 0.6) is 0 Å². The van der Waals surface area contributed by atoms with E-state index in [4.69, 9.17) is 14.9 Å². The van der Waals surface area contributed by atoms with E-state index in [9.17, 15) is 14.9 Å². The van der Waals surface area contributed by atoms with Gasteiger partial charge < -0.3 is 14.3 Å². The zero-order valence-corrected chi connectivity index (χ0v) is 11.9. The molecule has 20 heavy (non-hydrogen) atoms. The van der Waals surface area contributed by atoms with Gasteiger partial charge in [-0.25, -0.2) is 0 Å². The van der Waals surface area contributed by atoms with Crippen molar-refractivity contribution in [2.45, 2.75) is 52.1 Å². The molecule has 116 valence electrons. The molecule has 0 aliphatic heterocycles. The Morgan fingerprint density at radius 2 is 1.80 bits per heavy atom. The van der Waals surface area contributed by atoms with E-state index in [1.54, 1.807) is 13.8 Å². The molecule has 0 saturated carbocycles. The Morgan fingerprint density at radius 1 is 1.20 bits per heavy atom. The fraction of sp³-hybridized carbons (Fsp3) is 0.833. The van der Waals surface area contributed by atoms with Gasteiger partial charge in [0, 0.05) is 0 Å². The molecule has 0 bridgehead atoms. The molecule has 0 unspecified atom stereocenters. The van der Waals surface area contributed by atoms with Crippen molar-refractivity contribution >= 4 is 11.9 Å². The second kappa shape index (κ2) is 11.0. The lowest BCUT2D eigenvalue weighted by atomic mass is 10.2. The summed E-state index contributed by atoms with van der Waals surface area (Å²) in [4.78, 5) is 25.3. The Balaban J connectivity index is 3.39. The molecule has 0 aromatic rings. The van der Waals surface area contributed by atoms with E-state index in [1.165, 1.54) is 0 Å². The lowest BCUT2D eigenvalue weighted by molar-refractivity contribution is -0.757. The molecule has 8 heteroatoms. The van der Waals surface area contributed by atoms with Crippen molar-refractivity contribution in [3.05, 3.63) is 10.1 Å². The van der Waals surface area contributed by atoms with E-state index in [2.05, 4.69) is 4.84 Å². The van der Waals surface area contributed by atoms with Gasteiger partial charge in [0.15, 0.2) is 5.90 Å². The molecule has 0 heterocycles. The van der Waals surface area contributed by atoms with Crippen molar-refractivity contribution in [2.75, 3.05) is 13.2 Å². The van der Waals surface area contributed by atoms with Crippen LogP contribution in [-0.2, 0) is 19.1 Å². The van der Waals surface area contributed by atoms with E-state index in [0.717, 1.165) is 12.8 Å². The normalized spacial score (nSPS) is 10.2. The molecule has 0 aliphatic rings. The third-order valence-electron chi connectivity index (χ3n) is 2.18. The highest BCUT2D eigenvalue weighted by Gasteiger charge is 2.09. The number of carbonyl (C=O) groups excluding carboxylic acids is 1. The van der Waals surface area contributed by atoms with Crippen molar-refractivity contribution in [3.63, 3.8) is 0 Å². The van der Waals surface area contributed by atoms with Crippen LogP contribution in [0.1, 0.15) is 46.0 Å². The van der Waals surface area contributed by atoms with Crippen LogP contribution < -0.4 is 0 Å². The maximum atomic E-state index is 11.3. The standard InChI is InChI=1S/C12H22N2O6/c1-10(2)20-11(13)9-12(15)18-7-5-3-4-6-8-19-14(16)17/h10,13H,3-9H2,1-2H3. The van der Waals surface area contributed by atoms with E-state index >= 15 is 0 Å². The van der Waals surface area contributed by atoms with Crippen LogP contribution >= 0.6 is 0 Å². The maximum Gasteiger partial charge on any atom is 0.315 e. The number of nitrogens with zero attached hydrogens (tertiary/aromatic N) is 1. The number of nitrogens with one attached hydrogen (secondary N) is 1. The first kappa shape index (κ1) is 18.1. The van der Waals surface area contributed by atoms with Gasteiger partial charge in [0.05, 0.1) is 19.3 Å². The highest BCUT2D eigenvalue weighted by Crippen LogP contribution is 2.02. The minimum Gasteiger partial charge on any atom is -0.478 e. The molecule has 0 fully saturated rings. The molecule has 0 amide bonds. The fourth-order valence-electron chi connectivity index (χ4n) is 1.39. The second-order valence-corrected chi connectivity index (χ2v) is 4.46. The quantitative estimate of drug-likeness (QED) is 0.156. The summed E-state index contributed by atoms with van der Waals surface area (Å²) in [5.74, 6) is -0.575. The van der Waals surface area contributed by atoms with Crippen molar-refractivity contribution in [3.8, 4) is 0 Å². The van der Waals surface area contributed by atoms with Crippen molar-refractivity contribution in [1.82, 2.24) is 0 Å². The van der Waals surface area contributed by atoms with Crippen LogP contribution in [0, 0.1) is 15.5 Å². The molecule has 0 radical (unpaired) electrons. The minimum atomic E-state index is -0.810. The van der Waals surface area contributed by atoms with Gasteiger partial charge in [0.2, 0.25) is 0 Å². The molecule has 0 aromatic carbocycles. The number of rotatable bonds is 11. The largest absolute Gasteiger partial charge is 0.478 e. The van der Waals surface area contributed by atoms with Crippen molar-refractivity contribution in [2.24, 2.45) is 0 Å². The van der Waals surface area contributed by atoms with Crippen LogP contribution in [0.4, 0.5) is 0 Å². The van der Waals surface area contributed by atoms with Crippen molar-refractivity contribution < 1.29 is 24.2 Å². The van der Waals surface area contributed by atoms with Gasteiger partial charge in [0.1, 0.15) is 6.42 Å². The van der Waals surface area contributed by atoms with Gasteiger partial charge >= 0.3 is 5.97 Å². The Morgan fingerprint density at radius 3 is 2.35 bits per heavy atom. The average Bonchev–Trinajstić information content (AvgIpc) is 2.30. The molecule has 0 aliphatic carbocycles. The molecule has 0 atom stereocenters. The number of carbonyl (C=O) groups is 1. The molecule has 0 saturated heterocycles. The summed E-state index contributed by atoms with van der Waals surface area (Å²) >= 11 is 0. The minimum absolute atomic E-state index is 0.0937. The maximum absolute atomic E-state index is 11.3. The van der Waals surface area contributed by atoms with Gasteiger partial charge in [-0.15, -0.1) is 10.1 Å². The number of esters is 1. The molecule has 8 nitrogen and oxygen atoms in total. The second-order valence-electron chi connectivity index (χ2n) is 4.46. The topological polar surface area (TPSA) is 112 Å². The summed E-state index contributed by atoms with van der Waals surface area (Å²) in [7, 11) is 0. The Kier molecular flexibility index (Phi) is 9.98. The molecule has 0 spiro atoms. The van der Waals surface area contributed by atoms with Gasteiger partial charge in [-0.3, -0.25) is 10.2 Å². The number of unbranched alkanes of at least 4 members (excludes halogenated alkanes) is 3. The van der Waals surface area contributed by atoms with Crippen molar-refractivity contribution in [1.29, 1.82) is 5.41 Å². The first-order valence-electron chi connectivity index (χ1n) is 6.58. The third-order valence-corrected chi connectivity index (χ3v) is 2.18. The predicted octanol–water partition coefficient (Wildman–Crippen LogP) is 2.09. The monoisotopic (exact) mass is 290 g/mol. The summed E-state index contributed by atoms with van der Waals surface area (Å²) < 4.78 is 9.97. The Labute approximate surface area is 118 Å². The van der Waals surface area contributed by atoms with E-state index in [1.807, 2.05) is 0 Å². The fourth-order valence-corrected chi connectivity index (χ4v) is 1.39. The first-order valence-corrected chi connectivity index (χ1v) is 6.58. The molecular formula is C12H22N2O6. The van der Waals surface area contributed by atoms with Gasteiger partial charge in [-0.1, -0.05) is 6.42 Å². The molecule has 0 rings (SSSR count). The highest BCUT2D eigenvalue weighted by atomic mass is 16.9. The Bertz CT molecular complexity index is 319. The predicted molar refractivity (Wildman–Crippen MR) is 70.9 cm³/mol. The summed E-state index contributed by atoms with van der Waals surface area (Å²) in [5.41, 5.74) is 0. The van der Waals surface area contributed by atoms with E-state index in [0.29, 0.717) is 12.8 Å². The lowest BCUT2D eigenvalue weighted by Gasteiger charge is -2.10. The van der Waals surface area contributed by atoms with Crippen LogP contribution in [-0.4, -0.2) is 36.3 Å². The smallest absolute Gasteiger partial charge is 0.315 e. The molecular weight excluding hydrogens is 268 g/mol. The van der Waals surface area contributed by atoms with Crippen LogP contribution in [0.3, 0.4) is 0 Å². The van der Waals surface area contributed by atoms with Gasteiger partial charge in [-0.05, 0) is 33.1 Å². The van der Waals surface area contributed by atoms with E-state index < -0.39 is 11.1 Å². The van der Waals surface area contributed by atoms with Gasteiger partial charge in [-0.2, -0.15) is 0 Å². The summed E-state index contributed by atoms with van der Waals surface area (Å²) in [6, 6.07) is 0. The number of hydrogen-bond acceptors (Lipinski definition) is 7. The molecule has 0 aromatic heterocycles. The first-order chi connectivity index (χ1) is 9.41. The zero-order valence-electron chi connectivity index (χ0n) is 11.9. The third kappa shape index (κ3) is 12.6. The van der Waals surface area contributed by atoms with E-state index in [-0.39, 0.29) is 31.6 Å². The number of ether oxygens (including phenoxy) is 2. The van der Waals surface area contributed by atoms with Gasteiger partial charge in [0.25, 0.3) is 5.09 Å². The van der Waals surface area contributed by atoms with Crippen LogP contribution in [0.2, 0.25) is 0 Å². The van der Waals surface area contributed by atoms with Crippen LogP contribution in [0.25, 0.3) is 0 Å². The average molecular weight is 290 g/mol. The SMILES string of the molecule is CC(C)OC(=N)CC(=O)OCCCCCCO[N+](=O)[O-]. The summed E-state index contributed by atoms with van der Waals surface area (Å²) in [6.07, 6.45) is 2.57. The summed E-state index contributed by atoms with van der Waals surface area (Å²) in [6.45, 7) is 3.94. The highest BCUT2D eigenvalue weighted by molar-refractivity contribution is 5.92. The summed E-state index contributed by atoms with van der Waals surface area (Å²) in [5, 5.41) is 16.4. The lowest BCUT2D eigenvalue weighted by Crippen LogP contribution is -2.17. The number of hydrogen-bond donors (Lipinski definition) is 1. The zero-order chi connectivity index (χ0) is 15.4. The Hall–Kier alpha value is -1.86. The molecule has 1 N–H and O–H groups in total. The van der Waals surface area contributed by atoms with Crippen LogP contribution in [0.15, 0.2) is 0 Å².